The standard InChI is InChI=1S/C16H23ClO2/c1-5-12(8-15-11(4)19-15)13-9-14(17)10(3)7-16(13)18-6-2/h7,9,11-12,15H,5-6,8H2,1-4H3. The van der Waals surface area contributed by atoms with Gasteiger partial charge in [0.1, 0.15) is 5.75 Å². The smallest absolute Gasteiger partial charge is 0.123 e. The van der Waals surface area contributed by atoms with Crippen LogP contribution >= 0.6 is 11.6 Å². The fraction of sp³-hybridized carbons (Fsp3) is 0.625. The normalized spacial score (nSPS) is 23.2. The summed E-state index contributed by atoms with van der Waals surface area (Å²) in [6, 6.07) is 4.13. The molecule has 1 heterocycles. The summed E-state index contributed by atoms with van der Waals surface area (Å²) >= 11 is 6.28. The van der Waals surface area contributed by atoms with E-state index in [2.05, 4.69) is 26.0 Å². The van der Waals surface area contributed by atoms with Gasteiger partial charge in [0.05, 0.1) is 18.8 Å². The van der Waals surface area contributed by atoms with Crippen LogP contribution < -0.4 is 4.74 Å². The zero-order valence-electron chi connectivity index (χ0n) is 12.2. The quantitative estimate of drug-likeness (QED) is 0.704. The second-order valence-electron chi connectivity index (χ2n) is 5.29. The van der Waals surface area contributed by atoms with Gasteiger partial charge < -0.3 is 9.47 Å². The first-order valence-electron chi connectivity index (χ1n) is 7.15. The number of ether oxygens (including phenoxy) is 2. The molecule has 3 heteroatoms. The summed E-state index contributed by atoms with van der Waals surface area (Å²) in [7, 11) is 0. The summed E-state index contributed by atoms with van der Waals surface area (Å²) in [4.78, 5) is 0. The first-order chi connectivity index (χ1) is 9.06. The zero-order chi connectivity index (χ0) is 14.0. The minimum absolute atomic E-state index is 0.402. The van der Waals surface area contributed by atoms with E-state index in [-0.39, 0.29) is 0 Å². The van der Waals surface area contributed by atoms with Crippen molar-refractivity contribution in [3.05, 3.63) is 28.3 Å². The van der Waals surface area contributed by atoms with Crippen LogP contribution in [0.3, 0.4) is 0 Å². The van der Waals surface area contributed by atoms with Gasteiger partial charge in [0.2, 0.25) is 0 Å². The van der Waals surface area contributed by atoms with Crippen LogP contribution in [0.1, 0.15) is 50.7 Å². The number of hydrogen-bond acceptors (Lipinski definition) is 2. The van der Waals surface area contributed by atoms with Crippen molar-refractivity contribution in [2.75, 3.05) is 6.61 Å². The van der Waals surface area contributed by atoms with E-state index in [4.69, 9.17) is 21.1 Å². The average molecular weight is 283 g/mol. The maximum absolute atomic E-state index is 6.28. The highest BCUT2D eigenvalue weighted by Crippen LogP contribution is 2.40. The predicted octanol–water partition coefficient (Wildman–Crippen LogP) is 4.72. The molecule has 1 saturated heterocycles. The number of rotatable bonds is 6. The van der Waals surface area contributed by atoms with Crippen LogP contribution in [0.15, 0.2) is 12.1 Å². The Kier molecular flexibility index (Phi) is 4.75. The van der Waals surface area contributed by atoms with Crippen LogP contribution in [0.2, 0.25) is 5.02 Å². The van der Waals surface area contributed by atoms with Crippen LogP contribution in [0, 0.1) is 6.92 Å². The number of hydrogen-bond donors (Lipinski definition) is 0. The fourth-order valence-corrected chi connectivity index (χ4v) is 2.71. The molecular weight excluding hydrogens is 260 g/mol. The van der Waals surface area contributed by atoms with E-state index in [1.807, 2.05) is 13.8 Å². The first kappa shape index (κ1) is 14.7. The Balaban J connectivity index is 2.26. The topological polar surface area (TPSA) is 21.8 Å². The Morgan fingerprint density at radius 3 is 2.58 bits per heavy atom. The van der Waals surface area contributed by atoms with Gasteiger partial charge in [-0.3, -0.25) is 0 Å². The SMILES string of the molecule is CCOc1cc(C)c(Cl)cc1C(CC)CC1OC1C. The van der Waals surface area contributed by atoms with E-state index in [0.29, 0.717) is 24.7 Å². The van der Waals surface area contributed by atoms with Gasteiger partial charge in [-0.25, -0.2) is 0 Å². The Bertz CT molecular complexity index is 445. The molecule has 1 fully saturated rings. The summed E-state index contributed by atoms with van der Waals surface area (Å²) in [5, 5.41) is 0.821. The lowest BCUT2D eigenvalue weighted by atomic mass is 9.90. The van der Waals surface area contributed by atoms with Gasteiger partial charge in [0.15, 0.2) is 0 Å². The second kappa shape index (κ2) is 6.15. The van der Waals surface area contributed by atoms with E-state index in [1.165, 1.54) is 5.56 Å². The van der Waals surface area contributed by atoms with E-state index in [9.17, 15) is 0 Å². The van der Waals surface area contributed by atoms with Crippen molar-refractivity contribution in [3.63, 3.8) is 0 Å². The highest BCUT2D eigenvalue weighted by atomic mass is 35.5. The van der Waals surface area contributed by atoms with E-state index in [1.54, 1.807) is 0 Å². The number of aryl methyl sites for hydroxylation is 1. The molecule has 3 atom stereocenters. The molecule has 0 saturated carbocycles. The lowest BCUT2D eigenvalue weighted by molar-refractivity contribution is 0.327. The van der Waals surface area contributed by atoms with Crippen molar-refractivity contribution in [2.24, 2.45) is 0 Å². The lowest BCUT2D eigenvalue weighted by Gasteiger charge is -2.19. The molecular formula is C16H23ClO2. The molecule has 0 N–H and O–H groups in total. The number of epoxide rings is 1. The second-order valence-corrected chi connectivity index (χ2v) is 5.70. The van der Waals surface area contributed by atoms with Gasteiger partial charge in [-0.15, -0.1) is 0 Å². The maximum Gasteiger partial charge on any atom is 0.123 e. The molecule has 1 aliphatic heterocycles. The van der Waals surface area contributed by atoms with E-state index >= 15 is 0 Å². The molecule has 1 aliphatic rings. The third kappa shape index (κ3) is 3.43. The summed E-state index contributed by atoms with van der Waals surface area (Å²) in [6.45, 7) is 9.05. The molecule has 0 bridgehead atoms. The van der Waals surface area contributed by atoms with E-state index < -0.39 is 0 Å². The van der Waals surface area contributed by atoms with E-state index in [0.717, 1.165) is 29.2 Å². The highest BCUT2D eigenvalue weighted by Gasteiger charge is 2.36. The largest absolute Gasteiger partial charge is 0.494 e. The molecule has 0 aromatic heterocycles. The van der Waals surface area contributed by atoms with Gasteiger partial charge in [-0.2, -0.15) is 0 Å². The molecule has 1 aromatic carbocycles. The summed E-state index contributed by atoms with van der Waals surface area (Å²) in [5.41, 5.74) is 2.29. The maximum atomic E-state index is 6.28. The minimum atomic E-state index is 0.402. The minimum Gasteiger partial charge on any atom is -0.494 e. The van der Waals surface area contributed by atoms with Gasteiger partial charge in [0.25, 0.3) is 0 Å². The Morgan fingerprint density at radius 2 is 2.05 bits per heavy atom. The molecule has 106 valence electrons. The van der Waals surface area contributed by atoms with Gasteiger partial charge >= 0.3 is 0 Å². The molecule has 3 unspecified atom stereocenters. The van der Waals surface area contributed by atoms with Gasteiger partial charge in [0, 0.05) is 5.02 Å². The van der Waals surface area contributed by atoms with Crippen LogP contribution in [-0.4, -0.2) is 18.8 Å². The van der Waals surface area contributed by atoms with Crippen molar-refractivity contribution >= 4 is 11.6 Å². The highest BCUT2D eigenvalue weighted by molar-refractivity contribution is 6.31. The molecule has 1 aromatic rings. The number of halogens is 1. The van der Waals surface area contributed by atoms with Crippen molar-refractivity contribution in [1.82, 2.24) is 0 Å². The summed E-state index contributed by atoms with van der Waals surface area (Å²) < 4.78 is 11.3. The van der Waals surface area contributed by atoms with Crippen molar-refractivity contribution in [1.29, 1.82) is 0 Å². The molecule has 2 nitrogen and oxygen atoms in total. The van der Waals surface area contributed by atoms with Crippen molar-refractivity contribution in [3.8, 4) is 5.75 Å². The third-order valence-electron chi connectivity index (χ3n) is 3.88. The fourth-order valence-electron chi connectivity index (χ4n) is 2.54. The monoisotopic (exact) mass is 282 g/mol. The van der Waals surface area contributed by atoms with Crippen LogP contribution in [0.25, 0.3) is 0 Å². The predicted molar refractivity (Wildman–Crippen MR) is 79.3 cm³/mol. The van der Waals surface area contributed by atoms with Crippen molar-refractivity contribution in [2.45, 2.75) is 58.7 Å². The van der Waals surface area contributed by atoms with Crippen LogP contribution in [0.4, 0.5) is 0 Å². The molecule has 0 radical (unpaired) electrons. The van der Waals surface area contributed by atoms with Crippen LogP contribution in [0.5, 0.6) is 5.75 Å². The Hall–Kier alpha value is -0.730. The Labute approximate surface area is 121 Å². The van der Waals surface area contributed by atoms with Crippen LogP contribution in [-0.2, 0) is 4.74 Å². The van der Waals surface area contributed by atoms with Gasteiger partial charge in [-0.1, -0.05) is 18.5 Å². The van der Waals surface area contributed by atoms with Crippen molar-refractivity contribution < 1.29 is 9.47 Å². The molecule has 0 aliphatic carbocycles. The number of benzene rings is 1. The zero-order valence-corrected chi connectivity index (χ0v) is 13.0. The molecule has 0 amide bonds. The molecule has 0 spiro atoms. The summed E-state index contributed by atoms with van der Waals surface area (Å²) in [6.07, 6.45) is 2.94. The molecule has 19 heavy (non-hydrogen) atoms. The average Bonchev–Trinajstić information content (AvgIpc) is 3.07. The first-order valence-corrected chi connectivity index (χ1v) is 7.52. The Morgan fingerprint density at radius 1 is 1.37 bits per heavy atom. The molecule has 2 rings (SSSR count). The summed E-state index contributed by atoms with van der Waals surface area (Å²) in [5.74, 6) is 1.43. The third-order valence-corrected chi connectivity index (χ3v) is 4.28. The lowest BCUT2D eigenvalue weighted by Crippen LogP contribution is -2.07. The van der Waals surface area contributed by atoms with Gasteiger partial charge in [-0.05, 0) is 62.8 Å².